The first-order valence-electron chi connectivity index (χ1n) is 7.93. The molecular formula is C16H27N3. The Kier molecular flexibility index (Phi) is 3.55. The van der Waals surface area contributed by atoms with Crippen molar-refractivity contribution in [3.05, 3.63) is 12.4 Å². The summed E-state index contributed by atoms with van der Waals surface area (Å²) in [5.41, 5.74) is 0.484. The van der Waals surface area contributed by atoms with Crippen LogP contribution in [-0.2, 0) is 0 Å². The molecule has 1 aromatic heterocycles. The zero-order valence-electron chi connectivity index (χ0n) is 12.4. The normalized spacial score (nSPS) is 27.6. The highest BCUT2D eigenvalue weighted by atomic mass is 15.2. The quantitative estimate of drug-likeness (QED) is 0.875. The van der Waals surface area contributed by atoms with E-state index in [1.165, 1.54) is 51.4 Å². The molecule has 1 aromatic rings. The molecule has 3 heteroatoms. The summed E-state index contributed by atoms with van der Waals surface area (Å²) in [5.74, 6) is 1.11. The summed E-state index contributed by atoms with van der Waals surface area (Å²) in [4.78, 5) is 4.55. The first kappa shape index (κ1) is 13.0. The fraction of sp³-hybridized carbons (Fsp3) is 0.812. The predicted molar refractivity (Wildman–Crippen MR) is 79.4 cm³/mol. The second kappa shape index (κ2) is 5.18. The molecule has 2 saturated carbocycles. The van der Waals surface area contributed by atoms with Gasteiger partial charge in [-0.15, -0.1) is 0 Å². The third kappa shape index (κ3) is 2.96. The van der Waals surface area contributed by atoms with Gasteiger partial charge in [0.25, 0.3) is 0 Å². The summed E-state index contributed by atoms with van der Waals surface area (Å²) in [6.45, 7) is 4.81. The van der Waals surface area contributed by atoms with Crippen molar-refractivity contribution in [1.29, 1.82) is 0 Å². The van der Waals surface area contributed by atoms with Crippen molar-refractivity contribution < 1.29 is 0 Å². The molecule has 2 aliphatic rings. The van der Waals surface area contributed by atoms with E-state index in [4.69, 9.17) is 0 Å². The Labute approximate surface area is 116 Å². The molecule has 3 rings (SSSR count). The molecular weight excluding hydrogens is 234 g/mol. The van der Waals surface area contributed by atoms with Crippen molar-refractivity contribution in [1.82, 2.24) is 9.55 Å². The van der Waals surface area contributed by atoms with Crippen LogP contribution in [-0.4, -0.2) is 15.6 Å². The van der Waals surface area contributed by atoms with E-state index in [1.807, 2.05) is 6.20 Å². The van der Waals surface area contributed by atoms with Crippen LogP contribution in [0.1, 0.15) is 71.3 Å². The SMILES string of the molecule is CC1(C)CCCC(n2ccnc2NC2CCCC2)C1. The van der Waals surface area contributed by atoms with E-state index >= 15 is 0 Å². The summed E-state index contributed by atoms with van der Waals surface area (Å²) < 4.78 is 2.40. The van der Waals surface area contributed by atoms with E-state index in [9.17, 15) is 0 Å². The van der Waals surface area contributed by atoms with Gasteiger partial charge in [0.2, 0.25) is 5.95 Å². The van der Waals surface area contributed by atoms with Crippen LogP contribution >= 0.6 is 0 Å². The van der Waals surface area contributed by atoms with Gasteiger partial charge in [-0.05, 0) is 37.5 Å². The van der Waals surface area contributed by atoms with E-state index in [1.54, 1.807) is 0 Å². The van der Waals surface area contributed by atoms with Gasteiger partial charge in [-0.1, -0.05) is 33.1 Å². The Hall–Kier alpha value is -0.990. The lowest BCUT2D eigenvalue weighted by Crippen LogP contribution is -2.26. The average molecular weight is 261 g/mol. The number of aromatic nitrogens is 2. The largest absolute Gasteiger partial charge is 0.353 e. The number of anilines is 1. The smallest absolute Gasteiger partial charge is 0.203 e. The van der Waals surface area contributed by atoms with Crippen molar-refractivity contribution in [2.75, 3.05) is 5.32 Å². The third-order valence-corrected chi connectivity index (χ3v) is 4.93. The lowest BCUT2D eigenvalue weighted by atomic mass is 9.75. The molecule has 19 heavy (non-hydrogen) atoms. The molecule has 106 valence electrons. The summed E-state index contributed by atoms with van der Waals surface area (Å²) in [7, 11) is 0. The van der Waals surface area contributed by atoms with Crippen LogP contribution in [0, 0.1) is 5.41 Å². The van der Waals surface area contributed by atoms with Gasteiger partial charge < -0.3 is 9.88 Å². The standard InChI is InChI=1S/C16H27N3/c1-16(2)9-5-8-14(12-16)19-11-10-17-15(19)18-13-6-3-4-7-13/h10-11,13-14H,3-9,12H2,1-2H3,(H,17,18). The van der Waals surface area contributed by atoms with E-state index < -0.39 is 0 Å². The maximum atomic E-state index is 4.55. The van der Waals surface area contributed by atoms with E-state index in [0.717, 1.165) is 5.95 Å². The number of nitrogens with zero attached hydrogens (tertiary/aromatic N) is 2. The maximum absolute atomic E-state index is 4.55. The number of rotatable bonds is 3. The molecule has 0 spiro atoms. The Balaban J connectivity index is 1.72. The van der Waals surface area contributed by atoms with Gasteiger partial charge in [0.15, 0.2) is 0 Å². The van der Waals surface area contributed by atoms with Gasteiger partial charge in [-0.3, -0.25) is 0 Å². The zero-order valence-corrected chi connectivity index (χ0v) is 12.4. The minimum Gasteiger partial charge on any atom is -0.353 e. The molecule has 3 nitrogen and oxygen atoms in total. The molecule has 2 aliphatic carbocycles. The molecule has 0 amide bonds. The predicted octanol–water partition coefficient (Wildman–Crippen LogP) is 4.38. The monoisotopic (exact) mass is 261 g/mol. The average Bonchev–Trinajstić information content (AvgIpc) is 2.99. The van der Waals surface area contributed by atoms with Gasteiger partial charge >= 0.3 is 0 Å². The Bertz CT molecular complexity index is 415. The molecule has 2 fully saturated rings. The van der Waals surface area contributed by atoms with E-state index in [-0.39, 0.29) is 0 Å². The highest BCUT2D eigenvalue weighted by Gasteiger charge is 2.30. The van der Waals surface area contributed by atoms with Crippen molar-refractivity contribution >= 4 is 5.95 Å². The molecule has 1 N–H and O–H groups in total. The minimum atomic E-state index is 0.484. The maximum Gasteiger partial charge on any atom is 0.203 e. The van der Waals surface area contributed by atoms with Crippen molar-refractivity contribution in [2.45, 2.75) is 77.3 Å². The van der Waals surface area contributed by atoms with Gasteiger partial charge in [0.05, 0.1) is 0 Å². The molecule has 1 heterocycles. The Morgan fingerprint density at radius 3 is 2.74 bits per heavy atom. The Morgan fingerprint density at radius 2 is 2.00 bits per heavy atom. The highest BCUT2D eigenvalue weighted by Crippen LogP contribution is 2.41. The fourth-order valence-electron chi connectivity index (χ4n) is 3.87. The van der Waals surface area contributed by atoms with Crippen LogP contribution in [0.4, 0.5) is 5.95 Å². The summed E-state index contributed by atoms with van der Waals surface area (Å²) in [6, 6.07) is 1.29. The van der Waals surface area contributed by atoms with Crippen LogP contribution in [0.15, 0.2) is 12.4 Å². The van der Waals surface area contributed by atoms with E-state index in [2.05, 4.69) is 34.9 Å². The number of hydrogen-bond acceptors (Lipinski definition) is 2. The van der Waals surface area contributed by atoms with E-state index in [0.29, 0.717) is 17.5 Å². The van der Waals surface area contributed by atoms with Crippen LogP contribution < -0.4 is 5.32 Å². The third-order valence-electron chi connectivity index (χ3n) is 4.93. The van der Waals surface area contributed by atoms with Gasteiger partial charge in [0, 0.05) is 24.5 Å². The number of hydrogen-bond donors (Lipinski definition) is 1. The van der Waals surface area contributed by atoms with Crippen LogP contribution in [0.2, 0.25) is 0 Å². The fourth-order valence-corrected chi connectivity index (χ4v) is 3.87. The molecule has 0 radical (unpaired) electrons. The first-order chi connectivity index (χ1) is 9.14. The van der Waals surface area contributed by atoms with Crippen LogP contribution in [0.25, 0.3) is 0 Å². The Morgan fingerprint density at radius 1 is 1.21 bits per heavy atom. The van der Waals surface area contributed by atoms with Crippen molar-refractivity contribution in [3.63, 3.8) is 0 Å². The number of imidazole rings is 1. The topological polar surface area (TPSA) is 29.9 Å². The molecule has 1 unspecified atom stereocenters. The summed E-state index contributed by atoms with van der Waals surface area (Å²) in [6.07, 6.45) is 14.8. The second-order valence-corrected chi connectivity index (χ2v) is 7.20. The lowest BCUT2D eigenvalue weighted by molar-refractivity contribution is 0.184. The summed E-state index contributed by atoms with van der Waals surface area (Å²) >= 11 is 0. The second-order valence-electron chi connectivity index (χ2n) is 7.20. The van der Waals surface area contributed by atoms with Gasteiger partial charge in [-0.2, -0.15) is 0 Å². The minimum absolute atomic E-state index is 0.484. The molecule has 0 aromatic carbocycles. The first-order valence-corrected chi connectivity index (χ1v) is 7.93. The van der Waals surface area contributed by atoms with Gasteiger partial charge in [0.1, 0.15) is 0 Å². The highest BCUT2D eigenvalue weighted by molar-refractivity contribution is 5.29. The van der Waals surface area contributed by atoms with Crippen LogP contribution in [0.3, 0.4) is 0 Å². The summed E-state index contributed by atoms with van der Waals surface area (Å²) in [5, 5.41) is 3.67. The molecule has 0 aliphatic heterocycles. The van der Waals surface area contributed by atoms with Crippen molar-refractivity contribution in [2.24, 2.45) is 5.41 Å². The molecule has 1 atom stereocenters. The molecule has 0 bridgehead atoms. The number of nitrogens with one attached hydrogen (secondary N) is 1. The van der Waals surface area contributed by atoms with Crippen LogP contribution in [0.5, 0.6) is 0 Å². The zero-order chi connectivity index (χ0) is 13.3. The lowest BCUT2D eigenvalue weighted by Gasteiger charge is -2.36. The van der Waals surface area contributed by atoms with Crippen molar-refractivity contribution in [3.8, 4) is 0 Å². The molecule has 0 saturated heterocycles. The van der Waals surface area contributed by atoms with Gasteiger partial charge in [-0.25, -0.2) is 4.98 Å².